The van der Waals surface area contributed by atoms with Crippen LogP contribution in [0.15, 0.2) is 24.3 Å². The Bertz CT molecular complexity index is 401. The fourth-order valence-corrected chi connectivity index (χ4v) is 1.48. The van der Waals surface area contributed by atoms with Gasteiger partial charge in [-0.3, -0.25) is 4.79 Å². The van der Waals surface area contributed by atoms with E-state index in [2.05, 4.69) is 0 Å². The number of amides is 1. The first-order chi connectivity index (χ1) is 7.03. The zero-order valence-electron chi connectivity index (χ0n) is 8.53. The van der Waals surface area contributed by atoms with Crippen molar-refractivity contribution in [3.05, 3.63) is 30.1 Å². The molecule has 0 unspecified atom stereocenters. The molecule has 0 radical (unpaired) electrons. The van der Waals surface area contributed by atoms with Crippen molar-refractivity contribution in [3.8, 4) is 0 Å². The number of nitrogens with zero attached hydrogens (tertiary/aromatic N) is 1. The number of hydrogen-bond acceptors (Lipinski definition) is 2. The zero-order valence-corrected chi connectivity index (χ0v) is 8.53. The SMILES string of the molecule is CN(C(=O)C1(N)CC1)c1cccc(F)c1. The number of nitrogens with two attached hydrogens (primary N) is 1. The van der Waals surface area contributed by atoms with Crippen molar-refractivity contribution in [1.82, 2.24) is 0 Å². The van der Waals surface area contributed by atoms with E-state index in [1.165, 1.54) is 17.0 Å². The van der Waals surface area contributed by atoms with E-state index < -0.39 is 5.54 Å². The van der Waals surface area contributed by atoms with E-state index in [0.29, 0.717) is 18.5 Å². The maximum atomic E-state index is 12.9. The Hall–Kier alpha value is -1.42. The molecule has 2 rings (SSSR count). The summed E-state index contributed by atoms with van der Waals surface area (Å²) in [6.45, 7) is 0. The van der Waals surface area contributed by atoms with Crippen LogP contribution >= 0.6 is 0 Å². The second-order valence-electron chi connectivity index (χ2n) is 4.00. The van der Waals surface area contributed by atoms with E-state index in [-0.39, 0.29) is 11.7 Å². The molecule has 1 aromatic rings. The fraction of sp³-hybridized carbons (Fsp3) is 0.364. The van der Waals surface area contributed by atoms with Crippen molar-refractivity contribution in [1.29, 1.82) is 0 Å². The highest BCUT2D eigenvalue weighted by Crippen LogP contribution is 2.35. The molecule has 0 atom stereocenters. The van der Waals surface area contributed by atoms with E-state index >= 15 is 0 Å². The predicted molar refractivity (Wildman–Crippen MR) is 56.0 cm³/mol. The number of carbonyl (C=O) groups is 1. The summed E-state index contributed by atoms with van der Waals surface area (Å²) in [5, 5.41) is 0. The van der Waals surface area contributed by atoms with Crippen molar-refractivity contribution in [3.63, 3.8) is 0 Å². The monoisotopic (exact) mass is 208 g/mol. The van der Waals surface area contributed by atoms with E-state index in [1.807, 2.05) is 0 Å². The van der Waals surface area contributed by atoms with Gasteiger partial charge in [0.1, 0.15) is 5.82 Å². The highest BCUT2D eigenvalue weighted by atomic mass is 19.1. The normalized spacial score (nSPS) is 17.3. The molecular weight excluding hydrogens is 195 g/mol. The lowest BCUT2D eigenvalue weighted by molar-refractivity contribution is -0.120. The van der Waals surface area contributed by atoms with Crippen LogP contribution in [0.4, 0.5) is 10.1 Å². The summed E-state index contributed by atoms with van der Waals surface area (Å²) in [5.41, 5.74) is 5.61. The minimum Gasteiger partial charge on any atom is -0.317 e. The Kier molecular flexibility index (Phi) is 2.23. The maximum absolute atomic E-state index is 12.9. The molecule has 4 heteroatoms. The topological polar surface area (TPSA) is 46.3 Å². The molecule has 1 aliphatic carbocycles. The quantitative estimate of drug-likeness (QED) is 0.795. The number of benzene rings is 1. The molecule has 0 saturated heterocycles. The lowest BCUT2D eigenvalue weighted by Crippen LogP contribution is -2.43. The van der Waals surface area contributed by atoms with Gasteiger partial charge in [-0.25, -0.2) is 4.39 Å². The van der Waals surface area contributed by atoms with Gasteiger partial charge in [0.05, 0.1) is 5.54 Å². The predicted octanol–water partition coefficient (Wildman–Crippen LogP) is 1.28. The van der Waals surface area contributed by atoms with Crippen molar-refractivity contribution in [2.75, 3.05) is 11.9 Å². The molecule has 0 aliphatic heterocycles. The number of anilines is 1. The van der Waals surface area contributed by atoms with Crippen LogP contribution in [-0.4, -0.2) is 18.5 Å². The lowest BCUT2D eigenvalue weighted by Gasteiger charge is -2.20. The van der Waals surface area contributed by atoms with Crippen molar-refractivity contribution in [2.45, 2.75) is 18.4 Å². The van der Waals surface area contributed by atoms with E-state index in [0.717, 1.165) is 0 Å². The molecule has 15 heavy (non-hydrogen) atoms. The van der Waals surface area contributed by atoms with Gasteiger partial charge in [0.15, 0.2) is 0 Å². The van der Waals surface area contributed by atoms with E-state index in [1.54, 1.807) is 19.2 Å². The summed E-state index contributed by atoms with van der Waals surface area (Å²) < 4.78 is 12.9. The molecule has 3 nitrogen and oxygen atoms in total. The van der Waals surface area contributed by atoms with Crippen molar-refractivity contribution >= 4 is 11.6 Å². The summed E-state index contributed by atoms with van der Waals surface area (Å²) >= 11 is 0. The molecule has 2 N–H and O–H groups in total. The van der Waals surface area contributed by atoms with Gasteiger partial charge < -0.3 is 10.6 Å². The van der Waals surface area contributed by atoms with Gasteiger partial charge in [0.25, 0.3) is 0 Å². The highest BCUT2D eigenvalue weighted by Gasteiger charge is 2.47. The minimum atomic E-state index is -0.707. The summed E-state index contributed by atoms with van der Waals surface area (Å²) in [6, 6.07) is 5.93. The lowest BCUT2D eigenvalue weighted by atomic mass is 10.2. The molecule has 1 aromatic carbocycles. The third kappa shape index (κ3) is 1.85. The minimum absolute atomic E-state index is 0.145. The highest BCUT2D eigenvalue weighted by molar-refractivity contribution is 6.01. The van der Waals surface area contributed by atoms with Crippen LogP contribution in [0.25, 0.3) is 0 Å². The molecule has 0 bridgehead atoms. The van der Waals surface area contributed by atoms with Crippen molar-refractivity contribution in [2.24, 2.45) is 5.73 Å². The summed E-state index contributed by atoms with van der Waals surface area (Å²) in [7, 11) is 1.62. The molecule has 1 aliphatic rings. The third-order valence-corrected chi connectivity index (χ3v) is 2.71. The number of carbonyl (C=O) groups excluding carboxylic acids is 1. The molecule has 0 aromatic heterocycles. The largest absolute Gasteiger partial charge is 0.317 e. The first kappa shape index (κ1) is 10.1. The average molecular weight is 208 g/mol. The summed E-state index contributed by atoms with van der Waals surface area (Å²) in [4.78, 5) is 13.2. The second-order valence-corrected chi connectivity index (χ2v) is 4.00. The van der Waals surface area contributed by atoms with Gasteiger partial charge in [0, 0.05) is 12.7 Å². The number of rotatable bonds is 2. The van der Waals surface area contributed by atoms with Gasteiger partial charge in [-0.15, -0.1) is 0 Å². The molecule has 0 heterocycles. The Labute approximate surface area is 87.7 Å². The van der Waals surface area contributed by atoms with E-state index in [9.17, 15) is 9.18 Å². The third-order valence-electron chi connectivity index (χ3n) is 2.71. The molecule has 80 valence electrons. The fourth-order valence-electron chi connectivity index (χ4n) is 1.48. The molecule has 1 fully saturated rings. The van der Waals surface area contributed by atoms with Crippen LogP contribution in [0.2, 0.25) is 0 Å². The zero-order chi connectivity index (χ0) is 11.1. The van der Waals surface area contributed by atoms with Crippen LogP contribution in [0.1, 0.15) is 12.8 Å². The van der Waals surface area contributed by atoms with Crippen LogP contribution in [0, 0.1) is 5.82 Å². The Morgan fingerprint density at radius 2 is 2.20 bits per heavy atom. The van der Waals surface area contributed by atoms with Gasteiger partial charge in [-0.05, 0) is 31.0 Å². The number of hydrogen-bond donors (Lipinski definition) is 1. The van der Waals surface area contributed by atoms with Crippen LogP contribution in [-0.2, 0) is 4.79 Å². The summed E-state index contributed by atoms with van der Waals surface area (Å²) in [6.07, 6.45) is 1.43. The Morgan fingerprint density at radius 1 is 1.53 bits per heavy atom. The maximum Gasteiger partial charge on any atom is 0.246 e. The van der Waals surface area contributed by atoms with Gasteiger partial charge in [0.2, 0.25) is 5.91 Å². The number of likely N-dealkylation sites (N-methyl/N-ethyl adjacent to an activating group) is 1. The van der Waals surface area contributed by atoms with Crippen molar-refractivity contribution < 1.29 is 9.18 Å². The Balaban J connectivity index is 2.20. The van der Waals surface area contributed by atoms with E-state index in [4.69, 9.17) is 5.73 Å². The Morgan fingerprint density at radius 3 is 2.73 bits per heavy atom. The molecular formula is C11H13FN2O. The van der Waals surface area contributed by atoms with Gasteiger partial charge in [-0.1, -0.05) is 6.07 Å². The molecule has 1 amide bonds. The summed E-state index contributed by atoms with van der Waals surface area (Å²) in [5.74, 6) is -0.498. The van der Waals surface area contributed by atoms with Crippen LogP contribution in [0.5, 0.6) is 0 Å². The molecule has 1 saturated carbocycles. The standard InChI is InChI=1S/C11H13FN2O/c1-14(10(15)11(13)5-6-11)9-4-2-3-8(12)7-9/h2-4,7H,5-6,13H2,1H3. The first-order valence-electron chi connectivity index (χ1n) is 4.85. The smallest absolute Gasteiger partial charge is 0.246 e. The molecule has 0 spiro atoms. The number of halogens is 1. The van der Waals surface area contributed by atoms with Crippen LogP contribution in [0.3, 0.4) is 0 Å². The van der Waals surface area contributed by atoms with Gasteiger partial charge in [-0.2, -0.15) is 0 Å². The van der Waals surface area contributed by atoms with Gasteiger partial charge >= 0.3 is 0 Å². The second kappa shape index (κ2) is 3.31. The first-order valence-corrected chi connectivity index (χ1v) is 4.85. The average Bonchev–Trinajstić information content (AvgIpc) is 2.96. The van der Waals surface area contributed by atoms with Crippen LogP contribution < -0.4 is 10.6 Å².